The number of hydrogen-bond donors (Lipinski definition) is 1. The van der Waals surface area contributed by atoms with Crippen molar-refractivity contribution in [2.75, 3.05) is 5.32 Å². The van der Waals surface area contributed by atoms with E-state index in [1.807, 2.05) is 0 Å². The van der Waals surface area contributed by atoms with Crippen molar-refractivity contribution in [3.8, 4) is 0 Å². The van der Waals surface area contributed by atoms with Gasteiger partial charge < -0.3 is 5.32 Å². The molecule has 0 aliphatic heterocycles. The van der Waals surface area contributed by atoms with E-state index in [1.165, 1.54) is 18.3 Å². The number of nitro groups is 1. The Labute approximate surface area is 123 Å². The van der Waals surface area contributed by atoms with Crippen molar-refractivity contribution >= 4 is 33.2 Å². The zero-order valence-electron chi connectivity index (χ0n) is 10.5. The molecule has 2 aromatic rings. The van der Waals surface area contributed by atoms with Gasteiger partial charge in [-0.05, 0) is 46.6 Å². The Bertz CT molecular complexity index is 671. The maximum absolute atomic E-state index is 12.1. The number of nitrogens with zero attached hydrogens (tertiary/aromatic N) is 2. The van der Waals surface area contributed by atoms with Crippen molar-refractivity contribution in [1.29, 1.82) is 0 Å². The molecule has 0 radical (unpaired) electrons. The quantitative estimate of drug-likeness (QED) is 0.529. The van der Waals surface area contributed by atoms with E-state index in [0.717, 1.165) is 0 Å². The second-order valence-electron chi connectivity index (χ2n) is 4.14. The molecule has 0 unspecified atom stereocenters. The number of aromatic nitrogens is 1. The maximum atomic E-state index is 12.1. The van der Waals surface area contributed by atoms with Gasteiger partial charge in [0, 0.05) is 17.7 Å². The molecule has 2 rings (SSSR count). The number of rotatable bonds is 3. The molecule has 6 nitrogen and oxygen atoms in total. The third-order valence-corrected chi connectivity index (χ3v) is 2.99. The normalized spacial score (nSPS) is 10.1. The molecule has 0 fully saturated rings. The fourth-order valence-corrected chi connectivity index (χ4v) is 1.89. The summed E-state index contributed by atoms with van der Waals surface area (Å²) in [6.45, 7) is 1.70. The summed E-state index contributed by atoms with van der Waals surface area (Å²) in [5.74, 6) is -0.416. The van der Waals surface area contributed by atoms with Gasteiger partial charge in [-0.2, -0.15) is 0 Å². The van der Waals surface area contributed by atoms with Gasteiger partial charge in [0.1, 0.15) is 4.60 Å². The molecule has 0 aliphatic carbocycles. The van der Waals surface area contributed by atoms with Crippen molar-refractivity contribution in [3.63, 3.8) is 0 Å². The van der Waals surface area contributed by atoms with E-state index in [1.54, 1.807) is 25.1 Å². The lowest BCUT2D eigenvalue weighted by Crippen LogP contribution is -2.12. The molecule has 0 atom stereocenters. The fraction of sp³-hybridized carbons (Fsp3) is 0.0769. The Kier molecular flexibility index (Phi) is 4.09. The highest BCUT2D eigenvalue weighted by atomic mass is 79.9. The first kappa shape index (κ1) is 14.1. The fourth-order valence-electron chi connectivity index (χ4n) is 1.65. The molecule has 20 heavy (non-hydrogen) atoms. The number of pyridine rings is 1. The number of non-ortho nitro benzene ring substituents is 1. The van der Waals surface area contributed by atoms with Crippen LogP contribution in [0.3, 0.4) is 0 Å². The van der Waals surface area contributed by atoms with Gasteiger partial charge >= 0.3 is 0 Å². The van der Waals surface area contributed by atoms with E-state index in [0.29, 0.717) is 15.9 Å². The predicted octanol–water partition coefficient (Wildman–Crippen LogP) is 3.31. The van der Waals surface area contributed by atoms with Crippen LogP contribution in [-0.2, 0) is 0 Å². The summed E-state index contributed by atoms with van der Waals surface area (Å²) < 4.78 is 0.654. The molecule has 0 saturated carbocycles. The van der Waals surface area contributed by atoms with Crippen molar-refractivity contribution in [2.45, 2.75) is 6.92 Å². The highest BCUT2D eigenvalue weighted by Gasteiger charge is 2.13. The third-order valence-electron chi connectivity index (χ3n) is 2.52. The summed E-state index contributed by atoms with van der Waals surface area (Å²) in [6.07, 6.45) is 1.49. The Morgan fingerprint density at radius 1 is 1.35 bits per heavy atom. The minimum absolute atomic E-state index is 0.107. The van der Waals surface area contributed by atoms with Crippen LogP contribution < -0.4 is 5.32 Å². The minimum atomic E-state index is -0.523. The van der Waals surface area contributed by atoms with E-state index >= 15 is 0 Å². The van der Waals surface area contributed by atoms with Crippen LogP contribution in [0.4, 0.5) is 11.4 Å². The number of carbonyl (C=O) groups excluding carboxylic acids is 1. The summed E-state index contributed by atoms with van der Waals surface area (Å²) in [7, 11) is 0. The molecule has 102 valence electrons. The van der Waals surface area contributed by atoms with E-state index in [9.17, 15) is 14.9 Å². The average molecular weight is 336 g/mol. The standard InChI is InChI=1S/C13H10BrN3O3/c1-8-4-9(6-11(5-8)17(19)20)13(18)16-10-2-3-12(14)15-7-10/h2-7H,1H3,(H,16,18). The van der Waals surface area contributed by atoms with Gasteiger partial charge in [-0.25, -0.2) is 4.98 Å². The van der Waals surface area contributed by atoms with Crippen molar-refractivity contribution in [1.82, 2.24) is 4.98 Å². The van der Waals surface area contributed by atoms with Crippen LogP contribution in [0.1, 0.15) is 15.9 Å². The van der Waals surface area contributed by atoms with Crippen LogP contribution in [0.5, 0.6) is 0 Å². The van der Waals surface area contributed by atoms with Crippen LogP contribution in [0.15, 0.2) is 41.1 Å². The lowest BCUT2D eigenvalue weighted by Gasteiger charge is -2.06. The largest absolute Gasteiger partial charge is 0.321 e. The highest BCUT2D eigenvalue weighted by Crippen LogP contribution is 2.18. The topological polar surface area (TPSA) is 85.1 Å². The van der Waals surface area contributed by atoms with Gasteiger partial charge in [0.05, 0.1) is 16.8 Å². The maximum Gasteiger partial charge on any atom is 0.270 e. The number of benzene rings is 1. The van der Waals surface area contributed by atoms with E-state index in [2.05, 4.69) is 26.2 Å². The molecular weight excluding hydrogens is 326 g/mol. The van der Waals surface area contributed by atoms with E-state index in [-0.39, 0.29) is 11.3 Å². The second-order valence-corrected chi connectivity index (χ2v) is 4.95. The van der Waals surface area contributed by atoms with Gasteiger partial charge in [0.25, 0.3) is 11.6 Å². The summed E-state index contributed by atoms with van der Waals surface area (Å²) in [6, 6.07) is 7.62. The average Bonchev–Trinajstić information content (AvgIpc) is 2.40. The van der Waals surface area contributed by atoms with Gasteiger partial charge in [-0.1, -0.05) is 0 Å². The van der Waals surface area contributed by atoms with Crippen molar-refractivity contribution in [2.24, 2.45) is 0 Å². The van der Waals surface area contributed by atoms with Crippen molar-refractivity contribution < 1.29 is 9.72 Å². The van der Waals surface area contributed by atoms with Crippen LogP contribution in [0.2, 0.25) is 0 Å². The number of nitrogens with one attached hydrogen (secondary N) is 1. The third kappa shape index (κ3) is 3.39. The summed E-state index contributed by atoms with van der Waals surface area (Å²) >= 11 is 3.19. The van der Waals surface area contributed by atoms with Crippen LogP contribution in [0.25, 0.3) is 0 Å². The molecule has 0 bridgehead atoms. The van der Waals surface area contributed by atoms with Gasteiger partial charge in [0.15, 0.2) is 0 Å². The molecular formula is C13H10BrN3O3. The molecule has 1 aromatic heterocycles. The SMILES string of the molecule is Cc1cc(C(=O)Nc2ccc(Br)nc2)cc([N+](=O)[O-])c1. The van der Waals surface area contributed by atoms with E-state index in [4.69, 9.17) is 0 Å². The molecule has 0 saturated heterocycles. The first-order valence-electron chi connectivity index (χ1n) is 5.65. The lowest BCUT2D eigenvalue weighted by atomic mass is 10.1. The van der Waals surface area contributed by atoms with Gasteiger partial charge in [-0.15, -0.1) is 0 Å². The molecule has 0 spiro atoms. The molecule has 7 heteroatoms. The molecule has 1 N–H and O–H groups in total. The zero-order valence-corrected chi connectivity index (χ0v) is 12.0. The Balaban J connectivity index is 2.25. The smallest absolute Gasteiger partial charge is 0.270 e. The lowest BCUT2D eigenvalue weighted by molar-refractivity contribution is -0.384. The summed E-state index contributed by atoms with van der Waals surface area (Å²) in [4.78, 5) is 26.3. The highest BCUT2D eigenvalue weighted by molar-refractivity contribution is 9.10. The number of anilines is 1. The van der Waals surface area contributed by atoms with Crippen LogP contribution >= 0.6 is 15.9 Å². The predicted molar refractivity (Wildman–Crippen MR) is 77.7 cm³/mol. The second kappa shape index (κ2) is 5.79. The number of nitro benzene ring substituents is 1. The Morgan fingerprint density at radius 2 is 2.10 bits per heavy atom. The zero-order chi connectivity index (χ0) is 14.7. The van der Waals surface area contributed by atoms with Gasteiger partial charge in [-0.3, -0.25) is 14.9 Å². The van der Waals surface area contributed by atoms with Crippen LogP contribution in [-0.4, -0.2) is 15.8 Å². The number of hydrogen-bond acceptors (Lipinski definition) is 4. The minimum Gasteiger partial charge on any atom is -0.321 e. The first-order chi connectivity index (χ1) is 9.45. The summed E-state index contributed by atoms with van der Waals surface area (Å²) in [5.41, 5.74) is 1.30. The molecule has 1 aromatic carbocycles. The van der Waals surface area contributed by atoms with Crippen LogP contribution in [0, 0.1) is 17.0 Å². The van der Waals surface area contributed by atoms with Crippen molar-refractivity contribution in [3.05, 3.63) is 62.4 Å². The number of amides is 1. The number of carbonyl (C=O) groups is 1. The van der Waals surface area contributed by atoms with E-state index < -0.39 is 10.8 Å². The molecule has 1 amide bonds. The molecule has 1 heterocycles. The van der Waals surface area contributed by atoms with Gasteiger partial charge in [0.2, 0.25) is 0 Å². The molecule has 0 aliphatic rings. The monoisotopic (exact) mass is 335 g/mol. The Hall–Kier alpha value is -2.28. The number of halogens is 1. The number of aryl methyl sites for hydroxylation is 1. The summed E-state index contributed by atoms with van der Waals surface area (Å²) in [5, 5.41) is 13.4. The Morgan fingerprint density at radius 3 is 2.70 bits per heavy atom. The first-order valence-corrected chi connectivity index (χ1v) is 6.44.